The topological polar surface area (TPSA) is 21.3 Å². The molecule has 1 aliphatic carbocycles. The molecular weight excluding hydrogens is 186 g/mol. The van der Waals surface area contributed by atoms with Crippen LogP contribution < -0.4 is 5.32 Å². The third kappa shape index (κ3) is 6.69. The lowest BCUT2D eigenvalue weighted by atomic mass is 9.97. The molecule has 0 aromatic carbocycles. The summed E-state index contributed by atoms with van der Waals surface area (Å²) in [7, 11) is 0. The van der Waals surface area contributed by atoms with Gasteiger partial charge in [-0.05, 0) is 58.5 Å². The molecule has 0 fully saturated rings. The molecule has 0 saturated heterocycles. The van der Waals surface area contributed by atoms with Crippen LogP contribution in [-0.2, 0) is 4.74 Å². The fourth-order valence-corrected chi connectivity index (χ4v) is 1.95. The van der Waals surface area contributed by atoms with Gasteiger partial charge in [0.05, 0.1) is 0 Å². The molecule has 88 valence electrons. The Morgan fingerprint density at radius 1 is 1.33 bits per heavy atom. The van der Waals surface area contributed by atoms with E-state index in [1.54, 1.807) is 5.57 Å². The Morgan fingerprint density at radius 3 is 3.00 bits per heavy atom. The minimum atomic E-state index is 0.840. The largest absolute Gasteiger partial charge is 0.382 e. The van der Waals surface area contributed by atoms with Crippen molar-refractivity contribution < 1.29 is 4.74 Å². The molecule has 15 heavy (non-hydrogen) atoms. The lowest BCUT2D eigenvalue weighted by molar-refractivity contribution is 0.145. The molecule has 0 amide bonds. The molecule has 1 rings (SSSR count). The average molecular weight is 211 g/mol. The number of rotatable bonds is 8. The maximum Gasteiger partial charge on any atom is 0.0477 e. The van der Waals surface area contributed by atoms with E-state index in [0.717, 1.165) is 32.7 Å². The van der Waals surface area contributed by atoms with Crippen LogP contribution in [0.5, 0.6) is 0 Å². The quantitative estimate of drug-likeness (QED) is 0.492. The van der Waals surface area contributed by atoms with Gasteiger partial charge in [0.15, 0.2) is 0 Å². The Balaban J connectivity index is 1.86. The first-order valence-electron chi connectivity index (χ1n) is 6.40. The van der Waals surface area contributed by atoms with Crippen LogP contribution in [0.1, 0.15) is 45.4 Å². The van der Waals surface area contributed by atoms with Crippen molar-refractivity contribution in [2.24, 2.45) is 0 Å². The highest BCUT2D eigenvalue weighted by molar-refractivity contribution is 5.04. The fourth-order valence-electron chi connectivity index (χ4n) is 1.95. The fraction of sp³-hybridized carbons (Fsp3) is 0.846. The molecule has 0 aromatic heterocycles. The highest BCUT2D eigenvalue weighted by atomic mass is 16.5. The molecule has 0 aliphatic heterocycles. The number of nitrogens with one attached hydrogen (secondary N) is 1. The van der Waals surface area contributed by atoms with Crippen molar-refractivity contribution in [3.05, 3.63) is 11.6 Å². The molecule has 0 spiro atoms. The summed E-state index contributed by atoms with van der Waals surface area (Å²) in [5, 5.41) is 3.47. The first kappa shape index (κ1) is 12.7. The van der Waals surface area contributed by atoms with Gasteiger partial charge in [-0.25, -0.2) is 0 Å². The first-order chi connectivity index (χ1) is 7.43. The maximum absolute atomic E-state index is 5.28. The maximum atomic E-state index is 5.28. The van der Waals surface area contributed by atoms with Crippen LogP contribution in [0, 0.1) is 0 Å². The smallest absolute Gasteiger partial charge is 0.0477 e. The molecule has 1 aliphatic rings. The van der Waals surface area contributed by atoms with Gasteiger partial charge in [0.2, 0.25) is 0 Å². The summed E-state index contributed by atoms with van der Waals surface area (Å²) in [6, 6.07) is 0. The van der Waals surface area contributed by atoms with E-state index < -0.39 is 0 Å². The third-order valence-electron chi connectivity index (χ3n) is 2.85. The lowest BCUT2D eigenvalue weighted by Gasteiger charge is -2.12. The highest BCUT2D eigenvalue weighted by Gasteiger charge is 2.02. The van der Waals surface area contributed by atoms with E-state index in [2.05, 4.69) is 11.4 Å². The Labute approximate surface area is 94.1 Å². The minimum absolute atomic E-state index is 0.840. The number of ether oxygens (including phenoxy) is 1. The van der Waals surface area contributed by atoms with Crippen molar-refractivity contribution in [2.45, 2.75) is 45.4 Å². The van der Waals surface area contributed by atoms with Gasteiger partial charge in [-0.3, -0.25) is 0 Å². The number of hydrogen-bond acceptors (Lipinski definition) is 2. The van der Waals surface area contributed by atoms with E-state index in [-0.39, 0.29) is 0 Å². The van der Waals surface area contributed by atoms with Gasteiger partial charge in [-0.1, -0.05) is 11.6 Å². The van der Waals surface area contributed by atoms with Gasteiger partial charge in [-0.15, -0.1) is 0 Å². The van der Waals surface area contributed by atoms with Crippen LogP contribution in [-0.4, -0.2) is 26.3 Å². The van der Waals surface area contributed by atoms with E-state index >= 15 is 0 Å². The van der Waals surface area contributed by atoms with E-state index in [9.17, 15) is 0 Å². The zero-order valence-electron chi connectivity index (χ0n) is 10.1. The van der Waals surface area contributed by atoms with Crippen LogP contribution in [0.25, 0.3) is 0 Å². The van der Waals surface area contributed by atoms with Crippen molar-refractivity contribution in [2.75, 3.05) is 26.3 Å². The molecule has 0 atom stereocenters. The first-order valence-corrected chi connectivity index (χ1v) is 6.40. The van der Waals surface area contributed by atoms with Crippen LogP contribution in [0.3, 0.4) is 0 Å². The number of allylic oxidation sites excluding steroid dienone is 1. The molecule has 0 bridgehead atoms. The van der Waals surface area contributed by atoms with Crippen LogP contribution in [0.4, 0.5) is 0 Å². The van der Waals surface area contributed by atoms with E-state index in [1.165, 1.54) is 32.1 Å². The summed E-state index contributed by atoms with van der Waals surface area (Å²) in [5.74, 6) is 0. The zero-order valence-corrected chi connectivity index (χ0v) is 10.1. The standard InChI is InChI=1S/C13H25NO/c1-2-15-12-6-10-14-11-9-13-7-4-3-5-8-13/h7,14H,2-6,8-12H2,1H3. The SMILES string of the molecule is CCOCCCNCCC1=CCCCC1. The number of hydrogen-bond donors (Lipinski definition) is 1. The summed E-state index contributed by atoms with van der Waals surface area (Å²) in [5.41, 5.74) is 1.67. The van der Waals surface area contributed by atoms with E-state index in [4.69, 9.17) is 4.74 Å². The Hall–Kier alpha value is -0.340. The minimum Gasteiger partial charge on any atom is -0.382 e. The monoisotopic (exact) mass is 211 g/mol. The summed E-state index contributed by atoms with van der Waals surface area (Å²) >= 11 is 0. The van der Waals surface area contributed by atoms with Crippen LogP contribution >= 0.6 is 0 Å². The normalized spacial score (nSPS) is 16.5. The molecule has 0 radical (unpaired) electrons. The molecule has 0 aromatic rings. The summed E-state index contributed by atoms with van der Waals surface area (Å²) in [4.78, 5) is 0. The van der Waals surface area contributed by atoms with Gasteiger partial charge in [0, 0.05) is 13.2 Å². The molecule has 0 heterocycles. The van der Waals surface area contributed by atoms with Crippen molar-refractivity contribution in [3.8, 4) is 0 Å². The summed E-state index contributed by atoms with van der Waals surface area (Å²) in [6.07, 6.45) is 10.2. The molecule has 2 heteroatoms. The van der Waals surface area contributed by atoms with Crippen LogP contribution in [0.2, 0.25) is 0 Å². The highest BCUT2D eigenvalue weighted by Crippen LogP contribution is 2.19. The van der Waals surface area contributed by atoms with Crippen molar-refractivity contribution in [1.82, 2.24) is 5.32 Å². The third-order valence-corrected chi connectivity index (χ3v) is 2.85. The van der Waals surface area contributed by atoms with Gasteiger partial charge in [0.25, 0.3) is 0 Å². The van der Waals surface area contributed by atoms with Crippen molar-refractivity contribution in [1.29, 1.82) is 0 Å². The van der Waals surface area contributed by atoms with E-state index in [0.29, 0.717) is 0 Å². The molecule has 0 unspecified atom stereocenters. The second kappa shape index (κ2) is 8.93. The Kier molecular flexibility index (Phi) is 7.58. The summed E-state index contributed by atoms with van der Waals surface area (Å²) < 4.78 is 5.28. The zero-order chi connectivity index (χ0) is 10.8. The van der Waals surface area contributed by atoms with Crippen molar-refractivity contribution in [3.63, 3.8) is 0 Å². The second-order valence-corrected chi connectivity index (χ2v) is 4.16. The molecular formula is C13H25NO. The predicted molar refractivity (Wildman–Crippen MR) is 65.1 cm³/mol. The summed E-state index contributed by atoms with van der Waals surface area (Å²) in [6.45, 7) is 6.01. The molecule has 1 N–H and O–H groups in total. The molecule has 0 saturated carbocycles. The second-order valence-electron chi connectivity index (χ2n) is 4.16. The van der Waals surface area contributed by atoms with Crippen LogP contribution in [0.15, 0.2) is 11.6 Å². The Bertz CT molecular complexity index is 177. The average Bonchev–Trinajstić information content (AvgIpc) is 2.29. The van der Waals surface area contributed by atoms with Crippen molar-refractivity contribution >= 4 is 0 Å². The van der Waals surface area contributed by atoms with Gasteiger partial charge >= 0.3 is 0 Å². The van der Waals surface area contributed by atoms with Gasteiger partial charge in [0.1, 0.15) is 0 Å². The Morgan fingerprint density at radius 2 is 2.27 bits per heavy atom. The lowest BCUT2D eigenvalue weighted by Crippen LogP contribution is -2.18. The van der Waals surface area contributed by atoms with Gasteiger partial charge < -0.3 is 10.1 Å². The van der Waals surface area contributed by atoms with Gasteiger partial charge in [-0.2, -0.15) is 0 Å². The predicted octanol–water partition coefficient (Wildman–Crippen LogP) is 2.89. The molecule has 2 nitrogen and oxygen atoms in total. The van der Waals surface area contributed by atoms with E-state index in [1.807, 2.05) is 6.92 Å².